The molecule has 0 radical (unpaired) electrons. The summed E-state index contributed by atoms with van der Waals surface area (Å²) in [4.78, 5) is 24.3. The zero-order chi connectivity index (χ0) is 22.3. The van der Waals surface area contributed by atoms with Crippen LogP contribution in [0.2, 0.25) is 0 Å². The molecule has 31 heavy (non-hydrogen) atoms. The average Bonchev–Trinajstić information content (AvgIpc) is 3.25. The monoisotopic (exact) mass is 421 g/mol. The Labute approximate surface area is 181 Å². The number of ether oxygens (including phenoxy) is 1. The van der Waals surface area contributed by atoms with Gasteiger partial charge in [0.1, 0.15) is 18.1 Å². The number of carbonyl (C=O) groups is 2. The van der Waals surface area contributed by atoms with Gasteiger partial charge in [0.2, 0.25) is 0 Å². The number of urea groups is 1. The number of hydrazine groups is 1. The fourth-order valence-corrected chi connectivity index (χ4v) is 2.94. The second-order valence-corrected chi connectivity index (χ2v) is 7.88. The van der Waals surface area contributed by atoms with Gasteiger partial charge in [-0.05, 0) is 36.8 Å². The van der Waals surface area contributed by atoms with Crippen LogP contribution in [0, 0.1) is 6.92 Å². The van der Waals surface area contributed by atoms with E-state index in [9.17, 15) is 9.59 Å². The second kappa shape index (κ2) is 9.84. The van der Waals surface area contributed by atoms with Crippen LogP contribution >= 0.6 is 0 Å². The van der Waals surface area contributed by atoms with Gasteiger partial charge in [0.25, 0.3) is 0 Å². The fourth-order valence-electron chi connectivity index (χ4n) is 2.94. The van der Waals surface area contributed by atoms with Crippen molar-refractivity contribution in [3.05, 3.63) is 89.4 Å². The molecule has 3 N–H and O–H groups in total. The van der Waals surface area contributed by atoms with E-state index in [0.29, 0.717) is 18.1 Å². The third-order valence-electron chi connectivity index (χ3n) is 4.79. The number of hydrogen-bond acceptors (Lipinski definition) is 4. The number of hydrogen-bond donors (Lipinski definition) is 3. The molecule has 0 aliphatic rings. The molecule has 0 saturated carbocycles. The molecule has 7 heteroatoms. The molecule has 162 valence electrons. The Morgan fingerprint density at radius 2 is 1.74 bits per heavy atom. The van der Waals surface area contributed by atoms with Crippen molar-refractivity contribution in [3.8, 4) is 5.75 Å². The molecule has 0 atom stereocenters. The zero-order valence-corrected chi connectivity index (χ0v) is 17.9. The van der Waals surface area contributed by atoms with Crippen LogP contribution < -0.4 is 20.9 Å². The Kier molecular flexibility index (Phi) is 6.97. The average molecular weight is 421 g/mol. The van der Waals surface area contributed by atoms with Gasteiger partial charge >= 0.3 is 11.9 Å². The van der Waals surface area contributed by atoms with E-state index >= 15 is 0 Å². The van der Waals surface area contributed by atoms with Crippen LogP contribution in [0.5, 0.6) is 5.75 Å². The van der Waals surface area contributed by atoms with Gasteiger partial charge in [0, 0.05) is 12.0 Å². The highest BCUT2D eigenvalue weighted by Gasteiger charge is 2.21. The number of para-hydroxylation sites is 1. The van der Waals surface area contributed by atoms with Crippen LogP contribution in [0.4, 0.5) is 4.79 Å². The van der Waals surface area contributed by atoms with Crippen LogP contribution in [0.15, 0.2) is 71.1 Å². The predicted octanol–water partition coefficient (Wildman–Crippen LogP) is 4.09. The molecule has 1 aromatic heterocycles. The van der Waals surface area contributed by atoms with Crippen LogP contribution in [0.25, 0.3) is 0 Å². The summed E-state index contributed by atoms with van der Waals surface area (Å²) in [6, 6.07) is 20.1. The summed E-state index contributed by atoms with van der Waals surface area (Å²) >= 11 is 0. The normalized spacial score (nSPS) is 10.9. The summed E-state index contributed by atoms with van der Waals surface area (Å²) in [5, 5.41) is 2.78. The Morgan fingerprint density at radius 1 is 0.968 bits per heavy atom. The predicted molar refractivity (Wildman–Crippen MR) is 118 cm³/mol. The highest BCUT2D eigenvalue weighted by atomic mass is 16.5. The number of amides is 3. The highest BCUT2D eigenvalue weighted by Crippen LogP contribution is 2.23. The molecular formula is C24H27N3O4. The molecule has 0 unspecified atom stereocenters. The molecule has 2 aromatic carbocycles. The molecule has 0 fully saturated rings. The number of nitrogens with one attached hydrogen (secondary N) is 3. The molecule has 3 rings (SSSR count). The summed E-state index contributed by atoms with van der Waals surface area (Å²) in [6.07, 6.45) is 0. The number of carbonyl (C=O) groups excluding carboxylic acids is 2. The minimum Gasteiger partial charge on any atom is -0.486 e. The van der Waals surface area contributed by atoms with E-state index in [1.165, 1.54) is 6.07 Å². The van der Waals surface area contributed by atoms with Crippen molar-refractivity contribution in [2.45, 2.75) is 32.8 Å². The van der Waals surface area contributed by atoms with Gasteiger partial charge in [-0.2, -0.15) is 0 Å². The van der Waals surface area contributed by atoms with Gasteiger partial charge in [-0.1, -0.05) is 61.9 Å². The van der Waals surface area contributed by atoms with Crippen LogP contribution in [-0.2, 0) is 12.0 Å². The minimum atomic E-state index is -0.556. The summed E-state index contributed by atoms with van der Waals surface area (Å²) in [5.41, 5.74) is 6.70. The Balaban J connectivity index is 1.44. The minimum absolute atomic E-state index is 0.0760. The first-order valence-corrected chi connectivity index (χ1v) is 10.0. The summed E-state index contributed by atoms with van der Waals surface area (Å²) < 4.78 is 11.1. The van der Waals surface area contributed by atoms with Gasteiger partial charge in [0.05, 0.1) is 0 Å². The van der Waals surface area contributed by atoms with E-state index < -0.39 is 11.9 Å². The van der Waals surface area contributed by atoms with E-state index in [4.69, 9.17) is 9.15 Å². The van der Waals surface area contributed by atoms with Crippen molar-refractivity contribution in [2.75, 3.05) is 6.54 Å². The largest absolute Gasteiger partial charge is 0.486 e. The standard InChI is InChI=1S/C24H27N3O4/c1-17-8-7-9-18(14-17)24(2,3)16-25-23(29)27-26-22(28)21-13-12-20(31-21)15-30-19-10-5-4-6-11-19/h4-14H,15-16H2,1-3H3,(H,26,28)(H2,25,27,29). The van der Waals surface area contributed by atoms with E-state index in [1.54, 1.807) is 6.07 Å². The SMILES string of the molecule is Cc1cccc(C(C)(C)CNC(=O)NNC(=O)c2ccc(COc3ccccc3)o2)c1. The number of benzene rings is 2. The molecule has 1 heterocycles. The topological polar surface area (TPSA) is 92.6 Å². The molecule has 3 aromatic rings. The smallest absolute Gasteiger partial charge is 0.333 e. The van der Waals surface area contributed by atoms with E-state index in [-0.39, 0.29) is 17.8 Å². The Hall–Kier alpha value is -3.74. The summed E-state index contributed by atoms with van der Waals surface area (Å²) in [5.74, 6) is 0.723. The second-order valence-electron chi connectivity index (χ2n) is 7.88. The van der Waals surface area contributed by atoms with Crippen molar-refractivity contribution >= 4 is 11.9 Å². The van der Waals surface area contributed by atoms with E-state index in [2.05, 4.69) is 22.2 Å². The molecule has 0 aliphatic heterocycles. The van der Waals surface area contributed by atoms with Crippen molar-refractivity contribution in [3.63, 3.8) is 0 Å². The summed E-state index contributed by atoms with van der Waals surface area (Å²) in [6.45, 7) is 6.72. The number of aryl methyl sites for hydroxylation is 1. The van der Waals surface area contributed by atoms with Gasteiger partial charge in [0.15, 0.2) is 5.76 Å². The lowest BCUT2D eigenvalue weighted by molar-refractivity contribution is 0.0904. The first kappa shape index (κ1) is 22.0. The highest BCUT2D eigenvalue weighted by molar-refractivity contribution is 5.92. The Morgan fingerprint density at radius 3 is 2.48 bits per heavy atom. The Bertz CT molecular complexity index is 1030. The van der Waals surface area contributed by atoms with E-state index in [1.807, 2.05) is 69.3 Å². The lowest BCUT2D eigenvalue weighted by Gasteiger charge is -2.26. The molecule has 7 nitrogen and oxygen atoms in total. The van der Waals surface area contributed by atoms with Gasteiger partial charge in [-0.15, -0.1) is 0 Å². The number of rotatable bonds is 7. The molecule has 0 spiro atoms. The first-order chi connectivity index (χ1) is 14.8. The van der Waals surface area contributed by atoms with Crippen LogP contribution in [0.1, 0.15) is 41.3 Å². The number of furan rings is 1. The maximum Gasteiger partial charge on any atom is 0.333 e. The molecular weight excluding hydrogens is 394 g/mol. The molecule has 0 aliphatic carbocycles. The molecule has 3 amide bonds. The molecule has 0 bridgehead atoms. The van der Waals surface area contributed by atoms with Gasteiger partial charge < -0.3 is 14.5 Å². The van der Waals surface area contributed by atoms with Crippen molar-refractivity contribution in [1.82, 2.24) is 16.2 Å². The van der Waals surface area contributed by atoms with Gasteiger partial charge in [-0.3, -0.25) is 10.2 Å². The van der Waals surface area contributed by atoms with Crippen LogP contribution in [-0.4, -0.2) is 18.5 Å². The van der Waals surface area contributed by atoms with Crippen molar-refractivity contribution in [2.24, 2.45) is 0 Å². The van der Waals surface area contributed by atoms with Crippen molar-refractivity contribution < 1.29 is 18.7 Å². The van der Waals surface area contributed by atoms with E-state index in [0.717, 1.165) is 11.1 Å². The lowest BCUT2D eigenvalue weighted by Crippen LogP contribution is -2.49. The summed E-state index contributed by atoms with van der Waals surface area (Å²) in [7, 11) is 0. The zero-order valence-electron chi connectivity index (χ0n) is 17.9. The maximum atomic E-state index is 12.2. The van der Waals surface area contributed by atoms with Crippen LogP contribution in [0.3, 0.4) is 0 Å². The fraction of sp³-hybridized carbons (Fsp3) is 0.250. The third-order valence-corrected chi connectivity index (χ3v) is 4.79. The third kappa shape index (κ3) is 6.37. The first-order valence-electron chi connectivity index (χ1n) is 10.0. The van der Waals surface area contributed by atoms with Gasteiger partial charge in [-0.25, -0.2) is 10.2 Å². The maximum absolute atomic E-state index is 12.2. The molecule has 0 saturated heterocycles. The quantitative estimate of drug-likeness (QED) is 0.501. The van der Waals surface area contributed by atoms with Crippen molar-refractivity contribution in [1.29, 1.82) is 0 Å². The lowest BCUT2D eigenvalue weighted by atomic mass is 9.84.